The Morgan fingerprint density at radius 3 is 2.48 bits per heavy atom. The number of benzene rings is 1. The lowest BCUT2D eigenvalue weighted by Gasteiger charge is -2.25. The van der Waals surface area contributed by atoms with Crippen molar-refractivity contribution in [1.29, 1.82) is 0 Å². The third-order valence-corrected chi connectivity index (χ3v) is 4.64. The Morgan fingerprint density at radius 1 is 1.28 bits per heavy atom. The topological polar surface area (TPSA) is 78.5 Å². The highest BCUT2D eigenvalue weighted by Crippen LogP contribution is 2.32. The number of hydrogen-bond donors (Lipinski definition) is 2. The SMILES string of the molecule is CC[C@@]1(c2ccc(Cl)cc2)NC(=O)N(CC(=O)NCCC(C)C)C1=O. The lowest BCUT2D eigenvalue weighted by Crippen LogP contribution is -2.45. The fourth-order valence-corrected chi connectivity index (χ4v) is 2.97. The van der Waals surface area contributed by atoms with Crippen LogP contribution in [0.3, 0.4) is 0 Å². The minimum absolute atomic E-state index is 0.280. The van der Waals surface area contributed by atoms with Crippen molar-refractivity contribution in [3.63, 3.8) is 0 Å². The summed E-state index contributed by atoms with van der Waals surface area (Å²) in [4.78, 5) is 38.2. The van der Waals surface area contributed by atoms with E-state index in [2.05, 4.69) is 24.5 Å². The van der Waals surface area contributed by atoms with Crippen LogP contribution in [0.1, 0.15) is 39.2 Å². The zero-order valence-corrected chi connectivity index (χ0v) is 15.5. The van der Waals surface area contributed by atoms with Gasteiger partial charge in [0.15, 0.2) is 0 Å². The molecule has 0 unspecified atom stereocenters. The molecular weight excluding hydrogens is 342 g/mol. The van der Waals surface area contributed by atoms with Gasteiger partial charge in [-0.25, -0.2) is 4.79 Å². The summed E-state index contributed by atoms with van der Waals surface area (Å²) in [6, 6.07) is 6.23. The second-order valence-electron chi connectivity index (χ2n) is 6.62. The fraction of sp³-hybridized carbons (Fsp3) is 0.500. The van der Waals surface area contributed by atoms with Crippen molar-refractivity contribution < 1.29 is 14.4 Å². The number of halogens is 1. The van der Waals surface area contributed by atoms with Gasteiger partial charge in [-0.2, -0.15) is 0 Å². The molecule has 2 rings (SSSR count). The average Bonchev–Trinajstić information content (AvgIpc) is 2.80. The van der Waals surface area contributed by atoms with E-state index in [-0.39, 0.29) is 12.5 Å². The van der Waals surface area contributed by atoms with Gasteiger partial charge in [0.1, 0.15) is 12.1 Å². The number of carbonyl (C=O) groups excluding carboxylic acids is 3. The Balaban J connectivity index is 2.12. The fourth-order valence-electron chi connectivity index (χ4n) is 2.84. The van der Waals surface area contributed by atoms with E-state index in [0.29, 0.717) is 29.5 Å². The predicted octanol–water partition coefficient (Wildman–Crippen LogP) is 2.66. The normalized spacial score (nSPS) is 20.1. The number of rotatable bonds is 7. The van der Waals surface area contributed by atoms with E-state index in [4.69, 9.17) is 11.6 Å². The van der Waals surface area contributed by atoms with Gasteiger partial charge in [0.05, 0.1) is 0 Å². The third kappa shape index (κ3) is 4.12. The van der Waals surface area contributed by atoms with Crippen LogP contribution in [0.25, 0.3) is 0 Å². The zero-order chi connectivity index (χ0) is 18.6. The van der Waals surface area contributed by atoms with Gasteiger partial charge < -0.3 is 10.6 Å². The second-order valence-corrected chi connectivity index (χ2v) is 7.06. The highest BCUT2D eigenvalue weighted by molar-refractivity contribution is 6.30. The molecule has 1 heterocycles. The van der Waals surface area contributed by atoms with E-state index in [1.807, 2.05) is 6.92 Å². The van der Waals surface area contributed by atoms with Crippen LogP contribution in [0, 0.1) is 5.92 Å². The summed E-state index contributed by atoms with van der Waals surface area (Å²) in [5.41, 5.74) is -0.500. The summed E-state index contributed by atoms with van der Waals surface area (Å²) in [6.45, 7) is 6.18. The molecule has 2 N–H and O–H groups in total. The molecule has 0 saturated carbocycles. The van der Waals surface area contributed by atoms with Crippen LogP contribution in [0.2, 0.25) is 5.02 Å². The highest BCUT2D eigenvalue weighted by atomic mass is 35.5. The van der Waals surface area contributed by atoms with Crippen molar-refractivity contribution in [1.82, 2.24) is 15.5 Å². The monoisotopic (exact) mass is 365 g/mol. The minimum Gasteiger partial charge on any atom is -0.355 e. The van der Waals surface area contributed by atoms with E-state index in [1.54, 1.807) is 24.3 Å². The Bertz CT molecular complexity index is 660. The van der Waals surface area contributed by atoms with Crippen molar-refractivity contribution in [3.8, 4) is 0 Å². The van der Waals surface area contributed by atoms with E-state index in [0.717, 1.165) is 11.3 Å². The van der Waals surface area contributed by atoms with Gasteiger partial charge in [-0.05, 0) is 36.5 Å². The lowest BCUT2D eigenvalue weighted by atomic mass is 9.87. The van der Waals surface area contributed by atoms with Crippen LogP contribution in [-0.2, 0) is 15.1 Å². The van der Waals surface area contributed by atoms with Crippen molar-refractivity contribution in [2.75, 3.05) is 13.1 Å². The number of imide groups is 1. The molecule has 1 saturated heterocycles. The maximum absolute atomic E-state index is 12.9. The van der Waals surface area contributed by atoms with Crippen molar-refractivity contribution in [2.24, 2.45) is 5.92 Å². The number of hydrogen-bond acceptors (Lipinski definition) is 3. The lowest BCUT2D eigenvalue weighted by molar-refractivity contribution is -0.135. The number of nitrogens with one attached hydrogen (secondary N) is 2. The van der Waals surface area contributed by atoms with Gasteiger partial charge in [-0.3, -0.25) is 14.5 Å². The molecule has 0 radical (unpaired) electrons. The molecule has 4 amide bonds. The molecule has 136 valence electrons. The number of carbonyl (C=O) groups is 3. The molecule has 1 aliphatic rings. The van der Waals surface area contributed by atoms with Gasteiger partial charge in [-0.15, -0.1) is 0 Å². The number of urea groups is 1. The first-order valence-electron chi connectivity index (χ1n) is 8.47. The highest BCUT2D eigenvalue weighted by Gasteiger charge is 2.51. The van der Waals surface area contributed by atoms with Crippen molar-refractivity contribution in [3.05, 3.63) is 34.9 Å². The average molecular weight is 366 g/mol. The van der Waals surface area contributed by atoms with Gasteiger partial charge in [0.25, 0.3) is 5.91 Å². The van der Waals surface area contributed by atoms with Crippen LogP contribution in [0.5, 0.6) is 0 Å². The van der Waals surface area contributed by atoms with Gasteiger partial charge >= 0.3 is 6.03 Å². The maximum atomic E-state index is 12.9. The Hall–Kier alpha value is -2.08. The van der Waals surface area contributed by atoms with Gasteiger partial charge in [0, 0.05) is 11.6 Å². The molecule has 0 aliphatic carbocycles. The van der Waals surface area contributed by atoms with Gasteiger partial charge in [0.2, 0.25) is 5.91 Å². The summed E-state index contributed by atoms with van der Waals surface area (Å²) in [6.07, 6.45) is 1.22. The van der Waals surface area contributed by atoms with Crippen LogP contribution in [0.15, 0.2) is 24.3 Å². The maximum Gasteiger partial charge on any atom is 0.325 e. The molecule has 0 aromatic heterocycles. The van der Waals surface area contributed by atoms with Gasteiger partial charge in [-0.1, -0.05) is 44.5 Å². The first-order valence-corrected chi connectivity index (χ1v) is 8.84. The molecule has 1 atom stereocenters. The molecule has 7 heteroatoms. The minimum atomic E-state index is -1.15. The third-order valence-electron chi connectivity index (χ3n) is 4.39. The summed E-state index contributed by atoms with van der Waals surface area (Å²) in [5.74, 6) is -0.289. The molecule has 1 aromatic rings. The Morgan fingerprint density at radius 2 is 1.92 bits per heavy atom. The molecule has 0 spiro atoms. The van der Waals surface area contributed by atoms with E-state index in [9.17, 15) is 14.4 Å². The Labute approximate surface area is 152 Å². The first kappa shape index (κ1) is 19.2. The van der Waals surface area contributed by atoms with Crippen LogP contribution >= 0.6 is 11.6 Å². The van der Waals surface area contributed by atoms with Crippen LogP contribution in [-0.4, -0.2) is 35.8 Å². The van der Waals surface area contributed by atoms with Crippen molar-refractivity contribution in [2.45, 2.75) is 39.2 Å². The van der Waals surface area contributed by atoms with Crippen LogP contribution < -0.4 is 10.6 Å². The Kier molecular flexibility index (Phi) is 6.06. The molecule has 1 fully saturated rings. The van der Waals surface area contributed by atoms with E-state index in [1.165, 1.54) is 0 Å². The first-order chi connectivity index (χ1) is 11.8. The van der Waals surface area contributed by atoms with E-state index < -0.39 is 17.5 Å². The standard InChI is InChI=1S/C18H24ClN3O3/c1-4-18(13-5-7-14(19)8-6-13)16(24)22(17(25)21-18)11-15(23)20-10-9-12(2)3/h5-8,12H,4,9-11H2,1-3H3,(H,20,23)(H,21,25)/t18-/m0/s1. The smallest absolute Gasteiger partial charge is 0.325 e. The molecule has 1 aliphatic heterocycles. The number of nitrogens with zero attached hydrogens (tertiary/aromatic N) is 1. The van der Waals surface area contributed by atoms with Crippen LogP contribution in [0.4, 0.5) is 4.79 Å². The summed E-state index contributed by atoms with van der Waals surface area (Å²) < 4.78 is 0. The largest absolute Gasteiger partial charge is 0.355 e. The predicted molar refractivity (Wildman–Crippen MR) is 96.1 cm³/mol. The van der Waals surface area contributed by atoms with E-state index >= 15 is 0 Å². The summed E-state index contributed by atoms with van der Waals surface area (Å²) in [7, 11) is 0. The second kappa shape index (κ2) is 7.87. The quantitative estimate of drug-likeness (QED) is 0.729. The molecule has 6 nitrogen and oxygen atoms in total. The molecule has 25 heavy (non-hydrogen) atoms. The molecule has 0 bridgehead atoms. The number of amides is 4. The molecule has 1 aromatic carbocycles. The molecular formula is C18H24ClN3O3. The summed E-state index contributed by atoms with van der Waals surface area (Å²) >= 11 is 5.90. The zero-order valence-electron chi connectivity index (χ0n) is 14.8. The summed E-state index contributed by atoms with van der Waals surface area (Å²) in [5, 5.41) is 6.04. The van der Waals surface area contributed by atoms with Crippen molar-refractivity contribution >= 4 is 29.4 Å².